The second-order valence-electron chi connectivity index (χ2n) is 6.84. The first-order chi connectivity index (χ1) is 13.0. The van der Waals surface area contributed by atoms with Crippen LogP contribution in [0.5, 0.6) is 0 Å². The van der Waals surface area contributed by atoms with Crippen LogP contribution in [-0.2, 0) is 4.79 Å². The van der Waals surface area contributed by atoms with E-state index in [1.807, 2.05) is 0 Å². The predicted octanol–water partition coefficient (Wildman–Crippen LogP) is 0.476. The zero-order chi connectivity index (χ0) is 19.4. The topological polar surface area (TPSA) is 125 Å². The third-order valence-electron chi connectivity index (χ3n) is 5.12. The van der Waals surface area contributed by atoms with Crippen molar-refractivity contribution < 1.29 is 14.5 Å². The molecule has 2 amide bonds. The van der Waals surface area contributed by atoms with E-state index in [1.165, 1.54) is 0 Å². The number of halogens is 1. The summed E-state index contributed by atoms with van der Waals surface area (Å²) in [5.41, 5.74) is 6.51. The van der Waals surface area contributed by atoms with Crippen LogP contribution >= 0.6 is 11.6 Å². The zero-order valence-electron chi connectivity index (χ0n) is 14.6. The van der Waals surface area contributed by atoms with Gasteiger partial charge in [0.2, 0.25) is 11.9 Å². The molecule has 0 radical (unpaired) electrons. The van der Waals surface area contributed by atoms with E-state index in [2.05, 4.69) is 21.5 Å². The molecule has 1 aliphatic carbocycles. The van der Waals surface area contributed by atoms with E-state index in [-0.39, 0.29) is 41.8 Å². The number of hydrogen-bond acceptors (Lipinski definition) is 6. The molecule has 1 aliphatic heterocycles. The van der Waals surface area contributed by atoms with Gasteiger partial charge >= 0.3 is 0 Å². The Kier molecular flexibility index (Phi) is 6.25. The monoisotopic (exact) mass is 395 g/mol. The quantitative estimate of drug-likeness (QED) is 0.315. The standard InChI is InChI=1S/C17H22ClN5O4/c18-11-3-1-10(2-4-11)16(24)19-7-8-20-17(25)15-13-9-12(23(26)27)5-6-14(13)21-22-15/h1-4,12-15,21-22H,5-9H2,(H,19,24)(H,20,25). The number of nitro groups is 1. The van der Waals surface area contributed by atoms with Crippen molar-refractivity contribution in [3.63, 3.8) is 0 Å². The number of nitrogens with zero attached hydrogens (tertiary/aromatic N) is 1. The SMILES string of the molecule is O=C(NCCNC(=O)C1NNC2CCC([N+](=O)[O-])CC21)c1ccc(Cl)cc1. The van der Waals surface area contributed by atoms with Crippen LogP contribution in [0, 0.1) is 16.0 Å². The third-order valence-corrected chi connectivity index (χ3v) is 5.37. The van der Waals surface area contributed by atoms with Gasteiger partial charge in [-0.15, -0.1) is 0 Å². The maximum atomic E-state index is 12.4. The van der Waals surface area contributed by atoms with Gasteiger partial charge in [-0.25, -0.2) is 5.43 Å². The molecule has 2 fully saturated rings. The summed E-state index contributed by atoms with van der Waals surface area (Å²) in [6, 6.07) is 5.48. The Morgan fingerprint density at radius 2 is 1.85 bits per heavy atom. The van der Waals surface area contributed by atoms with Gasteiger partial charge in [-0.2, -0.15) is 0 Å². The predicted molar refractivity (Wildman–Crippen MR) is 98.8 cm³/mol. The lowest BCUT2D eigenvalue weighted by molar-refractivity contribution is -0.528. The summed E-state index contributed by atoms with van der Waals surface area (Å²) in [5, 5.41) is 17.1. The molecule has 9 nitrogen and oxygen atoms in total. The van der Waals surface area contributed by atoms with Gasteiger partial charge in [0.25, 0.3) is 5.91 Å². The fraction of sp³-hybridized carbons (Fsp3) is 0.529. The van der Waals surface area contributed by atoms with Crippen molar-refractivity contribution >= 4 is 23.4 Å². The number of nitrogens with one attached hydrogen (secondary N) is 4. The molecule has 10 heteroatoms. The van der Waals surface area contributed by atoms with Crippen LogP contribution in [0.3, 0.4) is 0 Å². The van der Waals surface area contributed by atoms with Crippen molar-refractivity contribution in [2.75, 3.05) is 13.1 Å². The molecule has 4 N–H and O–H groups in total. The molecular formula is C17H22ClN5O4. The Balaban J connectivity index is 1.43. The maximum Gasteiger partial charge on any atom is 0.251 e. The molecule has 2 aliphatic rings. The van der Waals surface area contributed by atoms with E-state index in [4.69, 9.17) is 11.6 Å². The molecular weight excluding hydrogens is 374 g/mol. The maximum absolute atomic E-state index is 12.4. The fourth-order valence-electron chi connectivity index (χ4n) is 3.66. The van der Waals surface area contributed by atoms with Gasteiger partial charge in [0, 0.05) is 53.4 Å². The fourth-order valence-corrected chi connectivity index (χ4v) is 3.79. The molecule has 146 valence electrons. The van der Waals surface area contributed by atoms with Crippen LogP contribution in [0.15, 0.2) is 24.3 Å². The number of hydrogen-bond donors (Lipinski definition) is 4. The molecule has 0 spiro atoms. The van der Waals surface area contributed by atoms with E-state index in [1.54, 1.807) is 24.3 Å². The van der Waals surface area contributed by atoms with E-state index in [0.717, 1.165) is 0 Å². The van der Waals surface area contributed by atoms with Gasteiger partial charge in [0.05, 0.1) is 0 Å². The lowest BCUT2D eigenvalue weighted by atomic mass is 9.79. The van der Waals surface area contributed by atoms with Crippen molar-refractivity contribution in [1.29, 1.82) is 0 Å². The smallest absolute Gasteiger partial charge is 0.251 e. The summed E-state index contributed by atoms with van der Waals surface area (Å²) < 4.78 is 0. The summed E-state index contributed by atoms with van der Waals surface area (Å²) in [4.78, 5) is 35.2. The summed E-state index contributed by atoms with van der Waals surface area (Å²) in [7, 11) is 0. The minimum Gasteiger partial charge on any atom is -0.353 e. The Morgan fingerprint density at radius 1 is 1.15 bits per heavy atom. The highest BCUT2D eigenvalue weighted by Crippen LogP contribution is 2.31. The highest BCUT2D eigenvalue weighted by Gasteiger charge is 2.46. The summed E-state index contributed by atoms with van der Waals surface area (Å²) in [6.07, 6.45) is 1.57. The van der Waals surface area contributed by atoms with Crippen molar-refractivity contribution in [1.82, 2.24) is 21.5 Å². The van der Waals surface area contributed by atoms with Crippen LogP contribution in [0.2, 0.25) is 5.02 Å². The van der Waals surface area contributed by atoms with Crippen LogP contribution in [-0.4, -0.2) is 48.0 Å². The molecule has 1 heterocycles. The Hall–Kier alpha value is -2.23. The molecule has 0 aromatic heterocycles. The summed E-state index contributed by atoms with van der Waals surface area (Å²) >= 11 is 5.79. The lowest BCUT2D eigenvalue weighted by Crippen LogP contribution is -2.48. The number of amides is 2. The molecule has 4 unspecified atom stereocenters. The third kappa shape index (κ3) is 4.74. The number of fused-ring (bicyclic) bond motifs is 1. The first kappa shape index (κ1) is 19.5. The lowest BCUT2D eigenvalue weighted by Gasteiger charge is -2.28. The first-order valence-electron chi connectivity index (χ1n) is 8.91. The highest BCUT2D eigenvalue weighted by atomic mass is 35.5. The molecule has 4 atom stereocenters. The van der Waals surface area contributed by atoms with Gasteiger partial charge in [-0.1, -0.05) is 11.6 Å². The van der Waals surface area contributed by atoms with Crippen molar-refractivity contribution in [3.05, 3.63) is 45.0 Å². The Labute approximate surface area is 161 Å². The molecule has 1 aromatic carbocycles. The van der Waals surface area contributed by atoms with Crippen LogP contribution in [0.4, 0.5) is 0 Å². The second kappa shape index (κ2) is 8.64. The molecule has 3 rings (SSSR count). The molecule has 1 saturated carbocycles. The normalized spacial score (nSPS) is 26.9. The second-order valence-corrected chi connectivity index (χ2v) is 7.28. The van der Waals surface area contributed by atoms with Gasteiger partial charge in [0.15, 0.2) is 0 Å². The average Bonchev–Trinajstić information content (AvgIpc) is 3.08. The van der Waals surface area contributed by atoms with Crippen molar-refractivity contribution in [2.24, 2.45) is 5.92 Å². The molecule has 1 saturated heterocycles. The Bertz CT molecular complexity index is 714. The minimum atomic E-state index is -0.595. The van der Waals surface area contributed by atoms with E-state index in [0.29, 0.717) is 29.8 Å². The van der Waals surface area contributed by atoms with Crippen molar-refractivity contribution in [2.45, 2.75) is 37.4 Å². The number of rotatable bonds is 6. The van der Waals surface area contributed by atoms with Crippen LogP contribution < -0.4 is 21.5 Å². The summed E-state index contributed by atoms with van der Waals surface area (Å²) in [5.74, 6) is -0.583. The number of hydrazine groups is 1. The first-order valence-corrected chi connectivity index (χ1v) is 9.29. The number of carbonyl (C=O) groups excluding carboxylic acids is 2. The number of carbonyl (C=O) groups is 2. The van der Waals surface area contributed by atoms with E-state index in [9.17, 15) is 19.7 Å². The number of benzene rings is 1. The van der Waals surface area contributed by atoms with Crippen molar-refractivity contribution in [3.8, 4) is 0 Å². The Morgan fingerprint density at radius 3 is 2.56 bits per heavy atom. The van der Waals surface area contributed by atoms with Crippen LogP contribution in [0.25, 0.3) is 0 Å². The molecule has 0 bridgehead atoms. The van der Waals surface area contributed by atoms with Gasteiger partial charge < -0.3 is 10.6 Å². The summed E-state index contributed by atoms with van der Waals surface area (Å²) in [6.45, 7) is 0.547. The van der Waals surface area contributed by atoms with Gasteiger partial charge in [-0.05, 0) is 30.7 Å². The van der Waals surface area contributed by atoms with E-state index < -0.39 is 12.1 Å². The highest BCUT2D eigenvalue weighted by molar-refractivity contribution is 6.30. The van der Waals surface area contributed by atoms with Crippen LogP contribution in [0.1, 0.15) is 29.6 Å². The van der Waals surface area contributed by atoms with E-state index >= 15 is 0 Å². The molecule has 1 aromatic rings. The average molecular weight is 396 g/mol. The zero-order valence-corrected chi connectivity index (χ0v) is 15.4. The van der Waals surface area contributed by atoms with Gasteiger partial charge in [-0.3, -0.25) is 25.1 Å². The largest absolute Gasteiger partial charge is 0.353 e. The minimum absolute atomic E-state index is 0.0709. The van der Waals surface area contributed by atoms with Gasteiger partial charge in [0.1, 0.15) is 6.04 Å². The molecule has 27 heavy (non-hydrogen) atoms.